The van der Waals surface area contributed by atoms with Gasteiger partial charge in [-0.1, -0.05) is 0 Å². The molecular weight excluding hydrogens is 322 g/mol. The first-order valence-corrected chi connectivity index (χ1v) is 8.67. The molecule has 134 valence electrons. The van der Waals surface area contributed by atoms with Gasteiger partial charge in [-0.15, -0.1) is 0 Å². The quantitative estimate of drug-likeness (QED) is 0.688. The smallest absolute Gasteiger partial charge is 0.251 e. The highest BCUT2D eigenvalue weighted by molar-refractivity contribution is 6.03. The summed E-state index contributed by atoms with van der Waals surface area (Å²) < 4.78 is 0. The van der Waals surface area contributed by atoms with Gasteiger partial charge in [-0.2, -0.15) is 0 Å². The number of aliphatic hydroxyl groups is 1. The number of imide groups is 1. The Balaban J connectivity index is 1.57. The Hall–Kier alpha value is -2.41. The molecule has 0 spiro atoms. The molecule has 3 amide bonds. The lowest BCUT2D eigenvalue weighted by Crippen LogP contribution is -2.52. The van der Waals surface area contributed by atoms with Crippen LogP contribution in [0.3, 0.4) is 0 Å². The Labute approximate surface area is 146 Å². The van der Waals surface area contributed by atoms with Crippen LogP contribution >= 0.6 is 0 Å². The topological polar surface area (TPSA) is 98.7 Å². The lowest BCUT2D eigenvalue weighted by Gasteiger charge is -2.33. The number of hydrogen-bond acceptors (Lipinski definition) is 5. The summed E-state index contributed by atoms with van der Waals surface area (Å²) in [4.78, 5) is 37.4. The minimum absolute atomic E-state index is 0.236. The van der Waals surface area contributed by atoms with Gasteiger partial charge in [-0.25, -0.2) is 0 Å². The van der Waals surface area contributed by atoms with Crippen LogP contribution in [-0.4, -0.2) is 48.6 Å². The zero-order valence-corrected chi connectivity index (χ0v) is 14.0. The van der Waals surface area contributed by atoms with E-state index in [9.17, 15) is 19.5 Å². The van der Waals surface area contributed by atoms with Gasteiger partial charge in [0.1, 0.15) is 6.04 Å². The normalized spacial score (nSPS) is 21.8. The van der Waals surface area contributed by atoms with E-state index in [0.29, 0.717) is 17.9 Å². The molecule has 7 heteroatoms. The van der Waals surface area contributed by atoms with E-state index in [-0.39, 0.29) is 24.8 Å². The number of carbonyl (C=O) groups excluding carboxylic acids is 3. The van der Waals surface area contributed by atoms with E-state index >= 15 is 0 Å². The number of rotatable bonds is 4. The molecule has 1 aromatic rings. The molecule has 2 fully saturated rings. The molecular formula is C18H23N3O4. The van der Waals surface area contributed by atoms with Crippen molar-refractivity contribution < 1.29 is 19.5 Å². The maximum atomic E-state index is 12.3. The molecule has 0 aromatic heterocycles. The van der Waals surface area contributed by atoms with Gasteiger partial charge >= 0.3 is 0 Å². The molecule has 2 aliphatic rings. The van der Waals surface area contributed by atoms with E-state index in [2.05, 4.69) is 15.5 Å². The highest BCUT2D eigenvalue weighted by atomic mass is 16.3. The number of hydrogen-bond donors (Lipinski definition) is 3. The predicted molar refractivity (Wildman–Crippen MR) is 92.1 cm³/mol. The lowest BCUT2D eigenvalue weighted by atomic mass is 9.97. The predicted octanol–water partition coefficient (Wildman–Crippen LogP) is 0.430. The summed E-state index contributed by atoms with van der Waals surface area (Å²) in [5, 5.41) is 14.1. The minimum Gasteiger partial charge on any atom is -0.396 e. The van der Waals surface area contributed by atoms with Crippen LogP contribution in [0.5, 0.6) is 0 Å². The third-order valence-electron chi connectivity index (χ3n) is 4.91. The molecule has 2 saturated heterocycles. The molecule has 0 aliphatic carbocycles. The summed E-state index contributed by atoms with van der Waals surface area (Å²) in [5.74, 6) is -0.687. The second kappa shape index (κ2) is 7.65. The molecule has 0 bridgehead atoms. The average Bonchev–Trinajstić information content (AvgIpc) is 2.64. The Morgan fingerprint density at radius 3 is 2.44 bits per heavy atom. The summed E-state index contributed by atoms with van der Waals surface area (Å²) in [6.45, 7) is 2.04. The zero-order valence-electron chi connectivity index (χ0n) is 14.0. The number of aliphatic hydroxyl groups excluding tert-OH is 1. The highest BCUT2D eigenvalue weighted by Crippen LogP contribution is 2.23. The molecule has 0 saturated carbocycles. The number of carbonyl (C=O) groups is 3. The van der Waals surface area contributed by atoms with Gasteiger partial charge < -0.3 is 15.3 Å². The van der Waals surface area contributed by atoms with Crippen molar-refractivity contribution in [2.75, 3.05) is 24.6 Å². The van der Waals surface area contributed by atoms with Crippen molar-refractivity contribution in [3.05, 3.63) is 29.8 Å². The van der Waals surface area contributed by atoms with Crippen LogP contribution in [0.15, 0.2) is 24.3 Å². The number of benzene rings is 1. The van der Waals surface area contributed by atoms with Crippen molar-refractivity contribution in [1.29, 1.82) is 0 Å². The monoisotopic (exact) mass is 345 g/mol. The Kier molecular flexibility index (Phi) is 5.33. The van der Waals surface area contributed by atoms with E-state index in [1.54, 1.807) is 12.1 Å². The molecule has 0 radical (unpaired) electrons. The van der Waals surface area contributed by atoms with Gasteiger partial charge in [0.15, 0.2) is 0 Å². The molecule has 3 N–H and O–H groups in total. The fraction of sp³-hybridized carbons (Fsp3) is 0.500. The van der Waals surface area contributed by atoms with Crippen molar-refractivity contribution in [2.24, 2.45) is 5.92 Å². The first-order chi connectivity index (χ1) is 12.1. The SMILES string of the molecule is O=C1CCC(NC(=O)c2ccc(N3CCC(CO)CC3)cc2)C(=O)N1. The number of amides is 3. The van der Waals surface area contributed by atoms with Crippen LogP contribution in [0.25, 0.3) is 0 Å². The maximum absolute atomic E-state index is 12.3. The third-order valence-corrected chi connectivity index (χ3v) is 4.91. The Bertz CT molecular complexity index is 651. The zero-order chi connectivity index (χ0) is 17.8. The summed E-state index contributed by atoms with van der Waals surface area (Å²) in [6, 6.07) is 6.63. The third kappa shape index (κ3) is 4.17. The van der Waals surface area contributed by atoms with E-state index < -0.39 is 11.9 Å². The summed E-state index contributed by atoms with van der Waals surface area (Å²) >= 11 is 0. The van der Waals surface area contributed by atoms with Gasteiger partial charge in [0.2, 0.25) is 11.8 Å². The maximum Gasteiger partial charge on any atom is 0.251 e. The lowest BCUT2D eigenvalue weighted by molar-refractivity contribution is -0.134. The number of piperidine rings is 2. The van der Waals surface area contributed by atoms with Crippen molar-refractivity contribution in [3.63, 3.8) is 0 Å². The largest absolute Gasteiger partial charge is 0.396 e. The fourth-order valence-electron chi connectivity index (χ4n) is 3.27. The van der Waals surface area contributed by atoms with Gasteiger partial charge in [-0.05, 0) is 49.4 Å². The molecule has 1 atom stereocenters. The van der Waals surface area contributed by atoms with Crippen LogP contribution in [0, 0.1) is 5.92 Å². The number of nitrogens with one attached hydrogen (secondary N) is 2. The van der Waals surface area contributed by atoms with Crippen LogP contribution in [0.1, 0.15) is 36.0 Å². The summed E-state index contributed by atoms with van der Waals surface area (Å²) in [6.07, 6.45) is 2.50. The number of nitrogens with zero attached hydrogens (tertiary/aromatic N) is 1. The molecule has 1 unspecified atom stereocenters. The second-order valence-electron chi connectivity index (χ2n) is 6.64. The van der Waals surface area contributed by atoms with Crippen LogP contribution < -0.4 is 15.5 Å². The first kappa shape index (κ1) is 17.4. The standard InChI is InChI=1S/C18H23N3O4/c22-11-12-7-9-21(10-8-12)14-3-1-13(2-4-14)17(24)19-15-5-6-16(23)20-18(15)25/h1-4,12,15,22H,5-11H2,(H,19,24)(H,20,23,25). The Morgan fingerprint density at radius 1 is 1.16 bits per heavy atom. The van der Waals surface area contributed by atoms with Gasteiger partial charge in [0, 0.05) is 37.4 Å². The molecule has 7 nitrogen and oxygen atoms in total. The molecule has 2 aliphatic heterocycles. The van der Waals surface area contributed by atoms with Crippen LogP contribution in [0.2, 0.25) is 0 Å². The summed E-state index contributed by atoms with van der Waals surface area (Å²) in [5.41, 5.74) is 1.53. The molecule has 3 rings (SSSR count). The van der Waals surface area contributed by atoms with Gasteiger partial charge in [0.05, 0.1) is 0 Å². The van der Waals surface area contributed by atoms with E-state index in [4.69, 9.17) is 0 Å². The van der Waals surface area contributed by atoms with Crippen molar-refractivity contribution in [1.82, 2.24) is 10.6 Å². The van der Waals surface area contributed by atoms with Gasteiger partial charge in [-0.3, -0.25) is 19.7 Å². The average molecular weight is 345 g/mol. The minimum atomic E-state index is -0.664. The van der Waals surface area contributed by atoms with E-state index in [1.165, 1.54) is 0 Å². The highest BCUT2D eigenvalue weighted by Gasteiger charge is 2.28. The van der Waals surface area contributed by atoms with Crippen LogP contribution in [-0.2, 0) is 9.59 Å². The van der Waals surface area contributed by atoms with Crippen molar-refractivity contribution >= 4 is 23.4 Å². The molecule has 1 aromatic carbocycles. The van der Waals surface area contributed by atoms with Crippen molar-refractivity contribution in [2.45, 2.75) is 31.7 Å². The summed E-state index contributed by atoms with van der Waals surface area (Å²) in [7, 11) is 0. The fourth-order valence-corrected chi connectivity index (χ4v) is 3.27. The molecule has 2 heterocycles. The van der Waals surface area contributed by atoms with Crippen molar-refractivity contribution in [3.8, 4) is 0 Å². The van der Waals surface area contributed by atoms with Gasteiger partial charge in [0.25, 0.3) is 5.91 Å². The second-order valence-corrected chi connectivity index (χ2v) is 6.64. The van der Waals surface area contributed by atoms with Crippen LogP contribution in [0.4, 0.5) is 5.69 Å². The number of anilines is 1. The molecule has 25 heavy (non-hydrogen) atoms. The van der Waals surface area contributed by atoms with E-state index in [1.807, 2.05) is 12.1 Å². The van der Waals surface area contributed by atoms with E-state index in [0.717, 1.165) is 31.6 Å². The Morgan fingerprint density at radius 2 is 1.84 bits per heavy atom. The first-order valence-electron chi connectivity index (χ1n) is 8.67.